The summed E-state index contributed by atoms with van der Waals surface area (Å²) in [5.41, 5.74) is -0.127. The number of hydrogen-bond acceptors (Lipinski definition) is 4. The SMILES string of the molecule is CCCCC(C)(C)C(O)C=CC1CCC(O)C1C/C=C\CCCC(=O)[O-]. The van der Waals surface area contributed by atoms with E-state index >= 15 is 0 Å². The van der Waals surface area contributed by atoms with Crippen molar-refractivity contribution < 1.29 is 20.1 Å². The van der Waals surface area contributed by atoms with Gasteiger partial charge in [0.2, 0.25) is 0 Å². The molecule has 1 aliphatic carbocycles. The lowest BCUT2D eigenvalue weighted by Crippen LogP contribution is -2.27. The number of rotatable bonds is 12. The van der Waals surface area contributed by atoms with Crippen molar-refractivity contribution >= 4 is 5.97 Å². The Morgan fingerprint density at radius 2 is 2.00 bits per heavy atom. The first kappa shape index (κ1) is 22.9. The van der Waals surface area contributed by atoms with Crippen LogP contribution in [-0.2, 0) is 4.79 Å². The maximum atomic E-state index is 10.5. The Hall–Kier alpha value is -1.13. The summed E-state index contributed by atoms with van der Waals surface area (Å²) in [4.78, 5) is 10.4. The van der Waals surface area contributed by atoms with Crippen molar-refractivity contribution in [2.24, 2.45) is 17.3 Å². The zero-order valence-electron chi connectivity index (χ0n) is 16.7. The molecule has 0 amide bonds. The van der Waals surface area contributed by atoms with E-state index in [1.54, 1.807) is 0 Å². The smallest absolute Gasteiger partial charge is 0.0771 e. The van der Waals surface area contributed by atoms with Crippen LogP contribution in [0.3, 0.4) is 0 Å². The Kier molecular flexibility index (Phi) is 10.2. The van der Waals surface area contributed by atoms with E-state index in [0.29, 0.717) is 6.42 Å². The number of hydrogen-bond donors (Lipinski definition) is 2. The van der Waals surface area contributed by atoms with Crippen LogP contribution in [-0.4, -0.2) is 28.4 Å². The number of allylic oxidation sites excluding steroid dienone is 3. The molecule has 0 heterocycles. The summed E-state index contributed by atoms with van der Waals surface area (Å²) in [6.45, 7) is 6.37. The van der Waals surface area contributed by atoms with E-state index in [9.17, 15) is 20.1 Å². The minimum Gasteiger partial charge on any atom is -0.550 e. The van der Waals surface area contributed by atoms with Crippen LogP contribution in [0, 0.1) is 17.3 Å². The van der Waals surface area contributed by atoms with Gasteiger partial charge in [0.15, 0.2) is 0 Å². The zero-order chi connectivity index (χ0) is 19.6. The van der Waals surface area contributed by atoms with Crippen molar-refractivity contribution in [2.45, 2.75) is 90.8 Å². The number of carboxylic acid groups (broad SMARTS) is 1. The summed E-state index contributed by atoms with van der Waals surface area (Å²) in [6.07, 6.45) is 14.5. The topological polar surface area (TPSA) is 80.6 Å². The molecule has 1 fully saturated rings. The Morgan fingerprint density at radius 3 is 2.65 bits per heavy atom. The van der Waals surface area contributed by atoms with Gasteiger partial charge in [0.1, 0.15) is 0 Å². The second kappa shape index (κ2) is 11.6. The Balaban J connectivity index is 2.51. The standard InChI is InChI=1S/C22H38O4/c1-4-5-16-22(2,3)20(24)15-13-17-12-14-19(23)18(17)10-8-6-7-9-11-21(25)26/h6,8,13,15,17-20,23-24H,4-5,7,9-12,14,16H2,1-3H3,(H,25,26)/p-1/b8-6-,15-13?. The van der Waals surface area contributed by atoms with Gasteiger partial charge < -0.3 is 20.1 Å². The molecule has 0 spiro atoms. The molecular formula is C22H37O4-. The van der Waals surface area contributed by atoms with Gasteiger partial charge in [-0.2, -0.15) is 0 Å². The first-order valence-corrected chi connectivity index (χ1v) is 10.2. The van der Waals surface area contributed by atoms with E-state index in [4.69, 9.17) is 0 Å². The number of carboxylic acids is 1. The quantitative estimate of drug-likeness (QED) is 0.410. The molecule has 4 heteroatoms. The van der Waals surface area contributed by atoms with Crippen LogP contribution < -0.4 is 5.11 Å². The first-order chi connectivity index (χ1) is 12.3. The second-order valence-electron chi connectivity index (χ2n) is 8.37. The second-order valence-corrected chi connectivity index (χ2v) is 8.37. The molecule has 1 aliphatic rings. The summed E-state index contributed by atoms with van der Waals surface area (Å²) in [5, 5.41) is 31.2. The van der Waals surface area contributed by atoms with Gasteiger partial charge >= 0.3 is 0 Å². The molecule has 1 rings (SSSR count). The molecule has 0 aromatic rings. The third kappa shape index (κ3) is 8.05. The Morgan fingerprint density at radius 1 is 1.27 bits per heavy atom. The predicted molar refractivity (Wildman–Crippen MR) is 103 cm³/mol. The van der Waals surface area contributed by atoms with Gasteiger partial charge in [0.05, 0.1) is 12.2 Å². The summed E-state index contributed by atoms with van der Waals surface area (Å²) >= 11 is 0. The molecule has 0 radical (unpaired) electrons. The minimum absolute atomic E-state index is 0.0907. The van der Waals surface area contributed by atoms with Crippen molar-refractivity contribution in [2.75, 3.05) is 0 Å². The minimum atomic E-state index is -1.00. The average Bonchev–Trinajstić information content (AvgIpc) is 2.93. The van der Waals surface area contributed by atoms with E-state index in [0.717, 1.165) is 44.9 Å². The molecular weight excluding hydrogens is 328 g/mol. The number of carbonyl (C=O) groups is 1. The molecule has 0 saturated heterocycles. The number of aliphatic hydroxyl groups is 2. The lowest BCUT2D eigenvalue weighted by atomic mass is 9.80. The van der Waals surface area contributed by atoms with E-state index < -0.39 is 12.1 Å². The normalized spacial score (nSPS) is 25.3. The summed E-state index contributed by atoms with van der Waals surface area (Å²) in [7, 11) is 0. The molecule has 0 bridgehead atoms. The van der Waals surface area contributed by atoms with Gasteiger partial charge in [-0.25, -0.2) is 0 Å². The van der Waals surface area contributed by atoms with Crippen LogP contribution in [0.5, 0.6) is 0 Å². The molecule has 0 aromatic carbocycles. The van der Waals surface area contributed by atoms with Crippen LogP contribution in [0.2, 0.25) is 0 Å². The highest BCUT2D eigenvalue weighted by molar-refractivity contribution is 5.64. The molecule has 4 unspecified atom stereocenters. The van der Waals surface area contributed by atoms with Gasteiger partial charge in [0.25, 0.3) is 0 Å². The monoisotopic (exact) mass is 365 g/mol. The fourth-order valence-electron chi connectivity index (χ4n) is 3.67. The third-order valence-corrected chi connectivity index (χ3v) is 5.68. The fraction of sp³-hybridized carbons (Fsp3) is 0.773. The highest BCUT2D eigenvalue weighted by Gasteiger charge is 2.33. The van der Waals surface area contributed by atoms with E-state index in [1.807, 2.05) is 12.2 Å². The molecule has 26 heavy (non-hydrogen) atoms. The van der Waals surface area contributed by atoms with Gasteiger partial charge in [-0.15, -0.1) is 0 Å². The largest absolute Gasteiger partial charge is 0.550 e. The summed E-state index contributed by atoms with van der Waals surface area (Å²) in [5.74, 6) is -0.542. The molecule has 1 saturated carbocycles. The summed E-state index contributed by atoms with van der Waals surface area (Å²) < 4.78 is 0. The van der Waals surface area contributed by atoms with E-state index in [-0.39, 0.29) is 29.8 Å². The Bertz CT molecular complexity index is 467. The van der Waals surface area contributed by atoms with Crippen molar-refractivity contribution in [3.05, 3.63) is 24.3 Å². The van der Waals surface area contributed by atoms with Crippen LogP contribution in [0.25, 0.3) is 0 Å². The van der Waals surface area contributed by atoms with Crippen molar-refractivity contribution in [3.63, 3.8) is 0 Å². The lowest BCUT2D eigenvalue weighted by Gasteiger charge is -2.29. The molecule has 0 aromatic heterocycles. The summed E-state index contributed by atoms with van der Waals surface area (Å²) in [6, 6.07) is 0. The lowest BCUT2D eigenvalue weighted by molar-refractivity contribution is -0.305. The average molecular weight is 366 g/mol. The van der Waals surface area contributed by atoms with E-state index in [1.165, 1.54) is 0 Å². The van der Waals surface area contributed by atoms with Gasteiger partial charge in [-0.1, -0.05) is 57.9 Å². The van der Waals surface area contributed by atoms with Crippen molar-refractivity contribution in [1.29, 1.82) is 0 Å². The van der Waals surface area contributed by atoms with Gasteiger partial charge in [-0.05, 0) is 62.2 Å². The molecule has 4 nitrogen and oxygen atoms in total. The van der Waals surface area contributed by atoms with E-state index in [2.05, 4.69) is 32.9 Å². The van der Waals surface area contributed by atoms with Crippen molar-refractivity contribution in [1.82, 2.24) is 0 Å². The number of carbonyl (C=O) groups excluding carboxylic acids is 1. The molecule has 0 aliphatic heterocycles. The molecule has 2 N–H and O–H groups in total. The number of aliphatic carboxylic acids is 1. The highest BCUT2D eigenvalue weighted by Crippen LogP contribution is 2.37. The predicted octanol–water partition coefficient (Wildman–Crippen LogP) is 3.37. The maximum Gasteiger partial charge on any atom is 0.0771 e. The Labute approximate surface area is 159 Å². The van der Waals surface area contributed by atoms with Crippen LogP contribution in [0.15, 0.2) is 24.3 Å². The number of aliphatic hydroxyl groups excluding tert-OH is 2. The fourth-order valence-corrected chi connectivity index (χ4v) is 3.67. The van der Waals surface area contributed by atoms with Crippen LogP contribution in [0.4, 0.5) is 0 Å². The van der Waals surface area contributed by atoms with Gasteiger partial charge in [-0.3, -0.25) is 0 Å². The van der Waals surface area contributed by atoms with Crippen LogP contribution >= 0.6 is 0 Å². The zero-order valence-corrected chi connectivity index (χ0v) is 16.7. The first-order valence-electron chi connectivity index (χ1n) is 10.2. The third-order valence-electron chi connectivity index (χ3n) is 5.68. The molecule has 150 valence electrons. The highest BCUT2D eigenvalue weighted by atomic mass is 16.4. The maximum absolute atomic E-state index is 10.5. The van der Waals surface area contributed by atoms with Gasteiger partial charge in [0, 0.05) is 5.97 Å². The number of unbranched alkanes of at least 4 members (excludes halogenated alkanes) is 2. The van der Waals surface area contributed by atoms with Crippen LogP contribution in [0.1, 0.15) is 78.6 Å². The molecule has 4 atom stereocenters. The van der Waals surface area contributed by atoms with Crippen molar-refractivity contribution in [3.8, 4) is 0 Å².